The minimum absolute atomic E-state index is 0.146. The predicted molar refractivity (Wildman–Crippen MR) is 102 cm³/mol. The van der Waals surface area contributed by atoms with E-state index in [2.05, 4.69) is 40.5 Å². The van der Waals surface area contributed by atoms with E-state index in [4.69, 9.17) is 4.42 Å². The maximum atomic E-state index is 12.0. The van der Waals surface area contributed by atoms with Crippen molar-refractivity contribution in [1.29, 1.82) is 0 Å². The molecule has 1 N–H and O–H groups in total. The van der Waals surface area contributed by atoms with E-state index in [0.717, 1.165) is 50.4 Å². The lowest BCUT2D eigenvalue weighted by Crippen LogP contribution is -2.41. The number of carbonyl (C=O) groups excluding carboxylic acids is 1. The summed E-state index contributed by atoms with van der Waals surface area (Å²) in [5, 5.41) is 2.79. The molecule has 4 rings (SSSR count). The molecule has 1 aliphatic heterocycles. The molecular formula is C22H28N2O2. The number of hydrogen-bond acceptors (Lipinski definition) is 3. The van der Waals surface area contributed by atoms with Gasteiger partial charge in [0.2, 0.25) is 5.91 Å². The van der Waals surface area contributed by atoms with Crippen LogP contribution in [0, 0.1) is 6.92 Å². The smallest absolute Gasteiger partial charge is 0.220 e. The lowest BCUT2D eigenvalue weighted by Gasteiger charge is -2.40. The number of hydrogen-bond donors (Lipinski definition) is 1. The summed E-state index contributed by atoms with van der Waals surface area (Å²) in [6, 6.07) is 12.9. The number of benzene rings is 1. The van der Waals surface area contributed by atoms with E-state index in [1.807, 2.05) is 13.0 Å². The van der Waals surface area contributed by atoms with Crippen molar-refractivity contribution in [2.45, 2.75) is 50.5 Å². The topological polar surface area (TPSA) is 45.5 Å². The number of nitrogens with one attached hydrogen (secondary N) is 1. The van der Waals surface area contributed by atoms with Gasteiger partial charge in [-0.3, -0.25) is 9.69 Å². The molecule has 0 radical (unpaired) electrons. The van der Waals surface area contributed by atoms with Crippen LogP contribution in [0.2, 0.25) is 0 Å². The molecule has 1 aromatic carbocycles. The fraction of sp³-hybridized carbons (Fsp3) is 0.500. The first-order chi connectivity index (χ1) is 12.6. The number of rotatable bonds is 4. The normalized spacial score (nSPS) is 21.7. The van der Waals surface area contributed by atoms with E-state index in [9.17, 15) is 4.79 Å². The molecule has 4 heteroatoms. The van der Waals surface area contributed by atoms with E-state index in [-0.39, 0.29) is 11.3 Å². The molecule has 138 valence electrons. The Bertz CT molecular complexity index is 787. The highest BCUT2D eigenvalue weighted by Gasteiger charge is 2.45. The standard InChI is InChI=1S/C22H28N2O2/c1-16-7-8-18(26-16)15-24-11-9-22(10-12-24)14-17(13-21(25)23-2)19-5-3-4-6-20(19)22/h3-8,17H,9-15H2,1-2H3,(H,23,25). The van der Waals surface area contributed by atoms with Gasteiger partial charge in [-0.2, -0.15) is 0 Å². The van der Waals surface area contributed by atoms with Crippen LogP contribution in [0.25, 0.3) is 0 Å². The molecule has 1 unspecified atom stereocenters. The van der Waals surface area contributed by atoms with Gasteiger partial charge in [0.15, 0.2) is 0 Å². The van der Waals surface area contributed by atoms with Crippen molar-refractivity contribution in [1.82, 2.24) is 10.2 Å². The third-order valence-corrected chi connectivity index (χ3v) is 6.31. The fourth-order valence-electron chi connectivity index (χ4n) is 4.94. The molecule has 1 aromatic heterocycles. The van der Waals surface area contributed by atoms with Crippen LogP contribution < -0.4 is 5.32 Å². The summed E-state index contributed by atoms with van der Waals surface area (Å²) >= 11 is 0. The van der Waals surface area contributed by atoms with Gasteiger partial charge in [-0.1, -0.05) is 24.3 Å². The number of furan rings is 1. The van der Waals surface area contributed by atoms with E-state index in [1.54, 1.807) is 7.05 Å². The molecule has 2 aromatic rings. The molecule has 1 spiro atoms. The van der Waals surface area contributed by atoms with Crippen molar-refractivity contribution >= 4 is 5.91 Å². The summed E-state index contributed by atoms with van der Waals surface area (Å²) in [5.41, 5.74) is 3.12. The van der Waals surface area contributed by atoms with Gasteiger partial charge in [0.25, 0.3) is 0 Å². The Morgan fingerprint density at radius 1 is 1.23 bits per heavy atom. The third kappa shape index (κ3) is 3.18. The van der Waals surface area contributed by atoms with Crippen LogP contribution in [0.4, 0.5) is 0 Å². The molecule has 1 fully saturated rings. The van der Waals surface area contributed by atoms with Crippen molar-refractivity contribution in [3.05, 3.63) is 59.0 Å². The molecule has 1 saturated heterocycles. The van der Waals surface area contributed by atoms with Crippen molar-refractivity contribution in [2.75, 3.05) is 20.1 Å². The van der Waals surface area contributed by atoms with E-state index in [1.165, 1.54) is 11.1 Å². The third-order valence-electron chi connectivity index (χ3n) is 6.31. The van der Waals surface area contributed by atoms with E-state index in [0.29, 0.717) is 12.3 Å². The summed E-state index contributed by atoms with van der Waals surface area (Å²) in [6.07, 6.45) is 4.03. The largest absolute Gasteiger partial charge is 0.465 e. The summed E-state index contributed by atoms with van der Waals surface area (Å²) in [7, 11) is 1.73. The Kier molecular flexibility index (Phi) is 4.62. The molecule has 26 heavy (non-hydrogen) atoms. The Hall–Kier alpha value is -2.07. The van der Waals surface area contributed by atoms with Crippen molar-refractivity contribution < 1.29 is 9.21 Å². The first-order valence-electron chi connectivity index (χ1n) is 9.67. The van der Waals surface area contributed by atoms with Crippen LogP contribution in [0.15, 0.2) is 40.8 Å². The van der Waals surface area contributed by atoms with Gasteiger partial charge in [-0.15, -0.1) is 0 Å². The molecule has 1 atom stereocenters. The molecule has 0 bridgehead atoms. The fourth-order valence-corrected chi connectivity index (χ4v) is 4.94. The average molecular weight is 352 g/mol. The Morgan fingerprint density at radius 3 is 2.69 bits per heavy atom. The van der Waals surface area contributed by atoms with Gasteiger partial charge < -0.3 is 9.73 Å². The monoisotopic (exact) mass is 352 g/mol. The van der Waals surface area contributed by atoms with Crippen molar-refractivity contribution in [3.8, 4) is 0 Å². The lowest BCUT2D eigenvalue weighted by molar-refractivity contribution is -0.121. The van der Waals surface area contributed by atoms with Gasteiger partial charge in [0.05, 0.1) is 6.54 Å². The SMILES string of the molecule is CNC(=O)CC1CC2(CCN(Cc3ccc(C)o3)CC2)c2ccccc21. The number of carbonyl (C=O) groups is 1. The van der Waals surface area contributed by atoms with Crippen LogP contribution in [0.3, 0.4) is 0 Å². The quantitative estimate of drug-likeness (QED) is 0.912. The average Bonchev–Trinajstić information content (AvgIpc) is 3.19. The minimum Gasteiger partial charge on any atom is -0.465 e. The van der Waals surface area contributed by atoms with Gasteiger partial charge in [-0.25, -0.2) is 0 Å². The van der Waals surface area contributed by atoms with Gasteiger partial charge in [-0.05, 0) is 73.9 Å². The summed E-state index contributed by atoms with van der Waals surface area (Å²) in [5.74, 6) is 2.54. The van der Waals surface area contributed by atoms with Gasteiger partial charge in [0, 0.05) is 13.5 Å². The Labute approximate surface area is 155 Å². The maximum absolute atomic E-state index is 12.0. The highest BCUT2D eigenvalue weighted by molar-refractivity contribution is 5.77. The lowest BCUT2D eigenvalue weighted by atomic mass is 9.73. The van der Waals surface area contributed by atoms with Crippen LogP contribution in [-0.2, 0) is 16.8 Å². The highest BCUT2D eigenvalue weighted by atomic mass is 16.3. The number of aryl methyl sites for hydroxylation is 1. The number of amides is 1. The van der Waals surface area contributed by atoms with Crippen molar-refractivity contribution in [2.24, 2.45) is 0 Å². The first kappa shape index (κ1) is 17.3. The molecule has 4 nitrogen and oxygen atoms in total. The highest BCUT2D eigenvalue weighted by Crippen LogP contribution is 2.52. The summed E-state index contributed by atoms with van der Waals surface area (Å²) in [6.45, 7) is 5.06. The second kappa shape index (κ2) is 6.92. The minimum atomic E-state index is 0.146. The van der Waals surface area contributed by atoms with Crippen molar-refractivity contribution in [3.63, 3.8) is 0 Å². The van der Waals surface area contributed by atoms with Crippen LogP contribution in [0.5, 0.6) is 0 Å². The predicted octanol–water partition coefficient (Wildman–Crippen LogP) is 3.75. The number of piperidine rings is 1. The van der Waals surface area contributed by atoms with E-state index < -0.39 is 0 Å². The summed E-state index contributed by atoms with van der Waals surface area (Å²) in [4.78, 5) is 14.5. The second-order valence-electron chi connectivity index (χ2n) is 7.93. The first-order valence-corrected chi connectivity index (χ1v) is 9.67. The maximum Gasteiger partial charge on any atom is 0.220 e. The van der Waals surface area contributed by atoms with Gasteiger partial charge in [0.1, 0.15) is 11.5 Å². The van der Waals surface area contributed by atoms with Gasteiger partial charge >= 0.3 is 0 Å². The van der Waals surface area contributed by atoms with Crippen LogP contribution in [0.1, 0.15) is 54.2 Å². The van der Waals surface area contributed by atoms with E-state index >= 15 is 0 Å². The number of fused-ring (bicyclic) bond motifs is 2. The van der Waals surface area contributed by atoms with Crippen LogP contribution in [-0.4, -0.2) is 30.9 Å². The molecule has 2 aliphatic rings. The Balaban J connectivity index is 1.48. The Morgan fingerprint density at radius 2 is 2.00 bits per heavy atom. The number of nitrogens with zero attached hydrogens (tertiary/aromatic N) is 1. The molecule has 2 heterocycles. The molecule has 1 aliphatic carbocycles. The summed E-state index contributed by atoms with van der Waals surface area (Å²) < 4.78 is 5.75. The zero-order valence-electron chi connectivity index (χ0n) is 15.8. The molecule has 1 amide bonds. The zero-order valence-corrected chi connectivity index (χ0v) is 15.8. The second-order valence-corrected chi connectivity index (χ2v) is 7.93. The van der Waals surface area contributed by atoms with Crippen LogP contribution >= 0.6 is 0 Å². The molecular weight excluding hydrogens is 324 g/mol. The number of likely N-dealkylation sites (tertiary alicyclic amines) is 1. The molecule has 0 saturated carbocycles. The zero-order chi connectivity index (χ0) is 18.1.